The van der Waals surface area contributed by atoms with Gasteiger partial charge in [0.1, 0.15) is 11.9 Å². The van der Waals surface area contributed by atoms with E-state index < -0.39 is 0 Å². The molecule has 102 valence electrons. The van der Waals surface area contributed by atoms with Crippen molar-refractivity contribution in [2.24, 2.45) is 0 Å². The molecule has 0 saturated carbocycles. The molecule has 0 spiro atoms. The number of halogens is 2. The maximum absolute atomic E-state index is 5.95. The van der Waals surface area contributed by atoms with Crippen molar-refractivity contribution >= 4 is 24.8 Å². The molecule has 18 heavy (non-hydrogen) atoms. The summed E-state index contributed by atoms with van der Waals surface area (Å²) in [5.41, 5.74) is 1.36. The van der Waals surface area contributed by atoms with E-state index in [4.69, 9.17) is 4.74 Å². The van der Waals surface area contributed by atoms with Crippen LogP contribution in [0.3, 0.4) is 0 Å². The Balaban J connectivity index is 0.000000810. The molecule has 0 aliphatic carbocycles. The number of nitrogens with one attached hydrogen (secondary N) is 1. The Bertz CT molecular complexity index is 345. The van der Waals surface area contributed by atoms with Crippen LogP contribution >= 0.6 is 24.8 Å². The molecule has 1 aromatic carbocycles. The first-order chi connectivity index (χ1) is 7.92. The van der Waals surface area contributed by atoms with Crippen LogP contribution in [0.2, 0.25) is 0 Å². The molecule has 2 aliphatic rings. The van der Waals surface area contributed by atoms with Crippen LogP contribution < -0.4 is 10.1 Å². The molecule has 1 saturated heterocycles. The lowest BCUT2D eigenvalue weighted by molar-refractivity contribution is 0.139. The third kappa shape index (κ3) is 3.51. The van der Waals surface area contributed by atoms with Crippen LogP contribution in [0.5, 0.6) is 5.75 Å². The van der Waals surface area contributed by atoms with E-state index in [2.05, 4.69) is 28.4 Å². The minimum Gasteiger partial charge on any atom is -0.488 e. The number of ether oxygens (including phenoxy) is 1. The predicted octanol–water partition coefficient (Wildman–Crippen LogP) is 1.74. The highest BCUT2D eigenvalue weighted by Gasteiger charge is 2.24. The number of piperazine rings is 1. The summed E-state index contributed by atoms with van der Waals surface area (Å²) in [7, 11) is 0. The first-order valence-corrected chi connectivity index (χ1v) is 6.09. The second-order valence-corrected chi connectivity index (χ2v) is 4.60. The largest absolute Gasteiger partial charge is 0.488 e. The zero-order chi connectivity index (χ0) is 10.8. The van der Waals surface area contributed by atoms with Gasteiger partial charge in [0.25, 0.3) is 0 Å². The van der Waals surface area contributed by atoms with Gasteiger partial charge in [-0.1, -0.05) is 18.2 Å². The van der Waals surface area contributed by atoms with Gasteiger partial charge in [-0.2, -0.15) is 0 Å². The maximum atomic E-state index is 5.95. The van der Waals surface area contributed by atoms with E-state index in [1.54, 1.807) is 0 Å². The molecule has 0 radical (unpaired) electrons. The summed E-state index contributed by atoms with van der Waals surface area (Å²) in [6.45, 7) is 5.59. The molecule has 3 rings (SSSR count). The average Bonchev–Trinajstić information content (AvgIpc) is 2.72. The zero-order valence-electron chi connectivity index (χ0n) is 10.3. The van der Waals surface area contributed by atoms with Gasteiger partial charge < -0.3 is 10.1 Å². The van der Waals surface area contributed by atoms with Gasteiger partial charge in [0.05, 0.1) is 0 Å². The molecule has 5 heteroatoms. The molecule has 1 N–H and O–H groups in total. The topological polar surface area (TPSA) is 24.5 Å². The highest BCUT2D eigenvalue weighted by atomic mass is 35.5. The normalized spacial score (nSPS) is 22.3. The average molecular weight is 291 g/mol. The summed E-state index contributed by atoms with van der Waals surface area (Å²) in [6.07, 6.45) is 1.43. The fourth-order valence-corrected chi connectivity index (χ4v) is 2.54. The molecule has 2 heterocycles. The minimum absolute atomic E-state index is 0. The summed E-state index contributed by atoms with van der Waals surface area (Å²) in [5.74, 6) is 1.09. The van der Waals surface area contributed by atoms with Crippen molar-refractivity contribution in [3.8, 4) is 5.75 Å². The lowest BCUT2D eigenvalue weighted by Gasteiger charge is -2.29. The Labute approximate surface area is 121 Å². The van der Waals surface area contributed by atoms with Crippen molar-refractivity contribution in [3.63, 3.8) is 0 Å². The molecule has 1 unspecified atom stereocenters. The summed E-state index contributed by atoms with van der Waals surface area (Å²) in [6, 6.07) is 8.39. The molecule has 0 amide bonds. The molecule has 1 aromatic rings. The van der Waals surface area contributed by atoms with Gasteiger partial charge in [-0.05, 0) is 11.6 Å². The summed E-state index contributed by atoms with van der Waals surface area (Å²) in [4.78, 5) is 2.49. The van der Waals surface area contributed by atoms with E-state index in [0.717, 1.165) is 44.9 Å². The number of hydrogen-bond acceptors (Lipinski definition) is 3. The van der Waals surface area contributed by atoms with Gasteiger partial charge in [0.2, 0.25) is 0 Å². The Hall–Kier alpha value is -0.480. The lowest BCUT2D eigenvalue weighted by atomic mass is 10.1. The first-order valence-electron chi connectivity index (χ1n) is 6.09. The highest BCUT2D eigenvalue weighted by Crippen LogP contribution is 2.28. The number of hydrogen-bond donors (Lipinski definition) is 1. The van der Waals surface area contributed by atoms with Crippen molar-refractivity contribution < 1.29 is 4.74 Å². The second-order valence-electron chi connectivity index (χ2n) is 4.60. The Morgan fingerprint density at radius 1 is 1.17 bits per heavy atom. The molecule has 1 fully saturated rings. The van der Waals surface area contributed by atoms with Crippen molar-refractivity contribution in [2.45, 2.75) is 12.5 Å². The molecule has 0 bridgehead atoms. The highest BCUT2D eigenvalue weighted by molar-refractivity contribution is 5.85. The number of rotatable bonds is 2. The fourth-order valence-electron chi connectivity index (χ4n) is 2.54. The SMILES string of the molecule is Cl.Cl.c1ccc2c(c1)CC(CN1CCNCC1)O2. The summed E-state index contributed by atoms with van der Waals surface area (Å²) in [5, 5.41) is 3.37. The molecule has 1 atom stereocenters. The lowest BCUT2D eigenvalue weighted by Crippen LogP contribution is -2.47. The van der Waals surface area contributed by atoms with Crippen molar-refractivity contribution in [3.05, 3.63) is 29.8 Å². The van der Waals surface area contributed by atoms with E-state index in [1.807, 2.05) is 6.07 Å². The molecule has 0 aromatic heterocycles. The smallest absolute Gasteiger partial charge is 0.123 e. The molecular weight excluding hydrogens is 271 g/mol. The Kier molecular flexibility index (Phi) is 6.22. The van der Waals surface area contributed by atoms with E-state index in [1.165, 1.54) is 5.56 Å². The van der Waals surface area contributed by atoms with Crippen LogP contribution in [0.25, 0.3) is 0 Å². The van der Waals surface area contributed by atoms with Crippen LogP contribution in [0.15, 0.2) is 24.3 Å². The van der Waals surface area contributed by atoms with Crippen LogP contribution in [-0.4, -0.2) is 43.7 Å². The summed E-state index contributed by atoms with van der Waals surface area (Å²) < 4.78 is 5.95. The van der Waals surface area contributed by atoms with E-state index in [9.17, 15) is 0 Å². The van der Waals surface area contributed by atoms with Crippen molar-refractivity contribution in [2.75, 3.05) is 32.7 Å². The zero-order valence-corrected chi connectivity index (χ0v) is 11.9. The quantitative estimate of drug-likeness (QED) is 0.898. The number of nitrogens with zero attached hydrogens (tertiary/aromatic N) is 1. The fraction of sp³-hybridized carbons (Fsp3) is 0.538. The van der Waals surface area contributed by atoms with Crippen molar-refractivity contribution in [1.82, 2.24) is 10.2 Å². The van der Waals surface area contributed by atoms with Crippen LogP contribution in [-0.2, 0) is 6.42 Å². The van der Waals surface area contributed by atoms with E-state index in [0.29, 0.717) is 6.10 Å². The van der Waals surface area contributed by atoms with Gasteiger partial charge in [-0.15, -0.1) is 24.8 Å². The maximum Gasteiger partial charge on any atom is 0.123 e. The van der Waals surface area contributed by atoms with Gasteiger partial charge >= 0.3 is 0 Å². The Morgan fingerprint density at radius 3 is 2.61 bits per heavy atom. The van der Waals surface area contributed by atoms with Crippen molar-refractivity contribution in [1.29, 1.82) is 0 Å². The third-order valence-corrected chi connectivity index (χ3v) is 3.39. The molecular formula is C13H20Cl2N2O. The standard InChI is InChI=1S/C13H18N2O.2ClH/c1-2-4-13-11(3-1)9-12(16-13)10-15-7-5-14-6-8-15;;/h1-4,12,14H,5-10H2;2*1H. The van der Waals surface area contributed by atoms with E-state index in [-0.39, 0.29) is 24.8 Å². The number of benzene rings is 1. The predicted molar refractivity (Wildman–Crippen MR) is 78.4 cm³/mol. The van der Waals surface area contributed by atoms with Gasteiger partial charge in [-0.3, -0.25) is 4.90 Å². The van der Waals surface area contributed by atoms with Gasteiger partial charge in [0.15, 0.2) is 0 Å². The van der Waals surface area contributed by atoms with Crippen LogP contribution in [0.4, 0.5) is 0 Å². The third-order valence-electron chi connectivity index (χ3n) is 3.39. The second kappa shape index (κ2) is 7.19. The molecule has 3 nitrogen and oxygen atoms in total. The number of para-hydroxylation sites is 1. The van der Waals surface area contributed by atoms with E-state index >= 15 is 0 Å². The van der Waals surface area contributed by atoms with Gasteiger partial charge in [-0.25, -0.2) is 0 Å². The monoisotopic (exact) mass is 290 g/mol. The first kappa shape index (κ1) is 15.6. The van der Waals surface area contributed by atoms with Crippen LogP contribution in [0.1, 0.15) is 5.56 Å². The Morgan fingerprint density at radius 2 is 1.89 bits per heavy atom. The minimum atomic E-state index is 0. The van der Waals surface area contributed by atoms with Gasteiger partial charge in [0, 0.05) is 39.1 Å². The summed E-state index contributed by atoms with van der Waals surface area (Å²) >= 11 is 0. The number of fused-ring (bicyclic) bond motifs is 1. The molecule has 2 aliphatic heterocycles. The van der Waals surface area contributed by atoms with Crippen LogP contribution in [0, 0.1) is 0 Å².